The highest BCUT2D eigenvalue weighted by Crippen LogP contribution is 2.22. The first-order chi connectivity index (χ1) is 9.51. The van der Waals surface area contributed by atoms with Gasteiger partial charge in [-0.25, -0.2) is 0 Å². The van der Waals surface area contributed by atoms with Gasteiger partial charge in [0.2, 0.25) is 0 Å². The summed E-state index contributed by atoms with van der Waals surface area (Å²) in [6, 6.07) is 6.17. The predicted octanol–water partition coefficient (Wildman–Crippen LogP) is 2.93. The molecule has 0 atom stereocenters. The summed E-state index contributed by atoms with van der Waals surface area (Å²) in [5, 5.41) is 13.6. The second-order valence-electron chi connectivity index (χ2n) is 5.00. The first-order valence-electron chi connectivity index (χ1n) is 6.56. The molecule has 0 aliphatic carbocycles. The molecular formula is C15H18N4O. The minimum absolute atomic E-state index is 0.323. The van der Waals surface area contributed by atoms with E-state index in [0.29, 0.717) is 29.7 Å². The van der Waals surface area contributed by atoms with Gasteiger partial charge in [-0.1, -0.05) is 0 Å². The van der Waals surface area contributed by atoms with Crippen molar-refractivity contribution in [3.63, 3.8) is 0 Å². The lowest BCUT2D eigenvalue weighted by atomic mass is 10.2. The third-order valence-corrected chi connectivity index (χ3v) is 2.97. The van der Waals surface area contributed by atoms with Crippen molar-refractivity contribution in [3.05, 3.63) is 41.0 Å². The molecule has 0 spiro atoms. The Morgan fingerprint density at radius 1 is 1.40 bits per heavy atom. The van der Waals surface area contributed by atoms with Gasteiger partial charge in [0.05, 0.1) is 11.4 Å². The number of aryl methyl sites for hydroxylation is 2. The average Bonchev–Trinajstić information content (AvgIpc) is 2.84. The first-order valence-corrected chi connectivity index (χ1v) is 6.56. The Balaban J connectivity index is 2.16. The van der Waals surface area contributed by atoms with Crippen molar-refractivity contribution < 1.29 is 4.74 Å². The number of hydrogen-bond acceptors (Lipinski definition) is 4. The Kier molecular flexibility index (Phi) is 4.04. The number of nitrogens with zero attached hydrogens (tertiary/aromatic N) is 4. The molecule has 5 heteroatoms. The molecule has 0 saturated carbocycles. The lowest BCUT2D eigenvalue weighted by Crippen LogP contribution is -2.04. The van der Waals surface area contributed by atoms with Crippen molar-refractivity contribution in [3.8, 4) is 11.8 Å². The summed E-state index contributed by atoms with van der Waals surface area (Å²) >= 11 is 0. The number of aromatic nitrogens is 3. The molecule has 0 fully saturated rings. The van der Waals surface area contributed by atoms with Crippen molar-refractivity contribution >= 4 is 0 Å². The van der Waals surface area contributed by atoms with E-state index in [9.17, 15) is 5.26 Å². The molecule has 0 aliphatic heterocycles. The van der Waals surface area contributed by atoms with Gasteiger partial charge < -0.3 is 4.74 Å². The lowest BCUT2D eigenvalue weighted by Gasteiger charge is -2.09. The highest BCUT2D eigenvalue weighted by atomic mass is 16.5. The largest absolute Gasteiger partial charge is 0.486 e. The molecule has 0 bridgehead atoms. The van der Waals surface area contributed by atoms with Crippen LogP contribution in [0.5, 0.6) is 5.75 Å². The van der Waals surface area contributed by atoms with Crippen molar-refractivity contribution in [2.45, 2.75) is 40.3 Å². The van der Waals surface area contributed by atoms with Crippen LogP contribution in [0.2, 0.25) is 0 Å². The maximum absolute atomic E-state index is 9.17. The highest BCUT2D eigenvalue weighted by molar-refractivity contribution is 5.46. The van der Waals surface area contributed by atoms with Gasteiger partial charge in [0, 0.05) is 24.0 Å². The molecule has 104 valence electrons. The first kappa shape index (κ1) is 14.1. The molecule has 0 saturated heterocycles. The summed E-state index contributed by atoms with van der Waals surface area (Å²) in [6.07, 6.45) is 1.93. The molecule has 5 nitrogen and oxygen atoms in total. The normalized spacial score (nSPS) is 10.6. The molecule has 0 radical (unpaired) electrons. The average molecular weight is 270 g/mol. The van der Waals surface area contributed by atoms with Crippen molar-refractivity contribution in [2.24, 2.45) is 0 Å². The zero-order valence-corrected chi connectivity index (χ0v) is 12.2. The molecule has 0 aliphatic rings. The number of pyridine rings is 1. The van der Waals surface area contributed by atoms with Crippen molar-refractivity contribution in [1.82, 2.24) is 14.8 Å². The van der Waals surface area contributed by atoms with Crippen LogP contribution in [0.4, 0.5) is 0 Å². The van der Waals surface area contributed by atoms with E-state index in [1.165, 1.54) is 0 Å². The topological polar surface area (TPSA) is 63.7 Å². The summed E-state index contributed by atoms with van der Waals surface area (Å²) in [5.74, 6) is 0.566. The molecule has 2 rings (SSSR count). The maximum Gasteiger partial charge on any atom is 0.141 e. The summed E-state index contributed by atoms with van der Waals surface area (Å²) < 4.78 is 7.61. The molecule has 0 aromatic carbocycles. The van der Waals surface area contributed by atoms with Crippen LogP contribution < -0.4 is 4.74 Å². The zero-order chi connectivity index (χ0) is 14.7. The van der Waals surface area contributed by atoms with Gasteiger partial charge in [-0.05, 0) is 33.8 Å². The monoisotopic (exact) mass is 270 g/mol. The molecule has 2 heterocycles. The standard InChI is InChI=1S/C15H18N4O/c1-10(2)19-6-5-13(18-19)9-20-15-7-11(3)17-12(4)14(15)8-16/h5-7,10H,9H2,1-4H3. The van der Waals surface area contributed by atoms with Crippen LogP contribution in [0.3, 0.4) is 0 Å². The quantitative estimate of drug-likeness (QED) is 0.856. The predicted molar refractivity (Wildman–Crippen MR) is 75.4 cm³/mol. The second-order valence-corrected chi connectivity index (χ2v) is 5.00. The molecule has 0 N–H and O–H groups in total. The Morgan fingerprint density at radius 3 is 2.75 bits per heavy atom. The molecule has 2 aromatic heterocycles. The summed E-state index contributed by atoms with van der Waals surface area (Å²) in [4.78, 5) is 4.27. The van der Waals surface area contributed by atoms with Crippen LogP contribution in [-0.2, 0) is 6.61 Å². The molecular weight excluding hydrogens is 252 g/mol. The fraction of sp³-hybridized carbons (Fsp3) is 0.400. The smallest absolute Gasteiger partial charge is 0.141 e. The lowest BCUT2D eigenvalue weighted by molar-refractivity contribution is 0.297. The van der Waals surface area contributed by atoms with Crippen molar-refractivity contribution in [2.75, 3.05) is 0 Å². The van der Waals surface area contributed by atoms with Gasteiger partial charge in [0.25, 0.3) is 0 Å². The van der Waals surface area contributed by atoms with Crippen LogP contribution in [0.25, 0.3) is 0 Å². The van der Waals surface area contributed by atoms with Crippen LogP contribution >= 0.6 is 0 Å². The van der Waals surface area contributed by atoms with Crippen molar-refractivity contribution in [1.29, 1.82) is 5.26 Å². The van der Waals surface area contributed by atoms with E-state index in [4.69, 9.17) is 4.74 Å². The molecule has 20 heavy (non-hydrogen) atoms. The minimum atomic E-state index is 0.323. The Bertz CT molecular complexity index is 652. The van der Waals surface area contributed by atoms with Gasteiger partial charge in [-0.15, -0.1) is 0 Å². The number of hydrogen-bond donors (Lipinski definition) is 0. The van der Waals surface area contributed by atoms with E-state index in [-0.39, 0.29) is 0 Å². The maximum atomic E-state index is 9.17. The Labute approximate surface area is 118 Å². The Hall–Kier alpha value is -2.35. The van der Waals surface area contributed by atoms with E-state index >= 15 is 0 Å². The fourth-order valence-electron chi connectivity index (χ4n) is 1.94. The second kappa shape index (κ2) is 5.74. The molecule has 0 unspecified atom stereocenters. The van der Waals surface area contributed by atoms with E-state index in [2.05, 4.69) is 30.0 Å². The Morgan fingerprint density at radius 2 is 2.15 bits per heavy atom. The van der Waals surface area contributed by atoms with Crippen LogP contribution in [0.1, 0.15) is 42.5 Å². The number of rotatable bonds is 4. The zero-order valence-electron chi connectivity index (χ0n) is 12.2. The van der Waals surface area contributed by atoms with E-state index in [1.54, 1.807) is 6.07 Å². The highest BCUT2D eigenvalue weighted by Gasteiger charge is 2.10. The van der Waals surface area contributed by atoms with Crippen LogP contribution in [0.15, 0.2) is 18.3 Å². The van der Waals surface area contributed by atoms with E-state index in [0.717, 1.165) is 11.4 Å². The van der Waals surface area contributed by atoms with E-state index < -0.39 is 0 Å². The SMILES string of the molecule is Cc1cc(OCc2ccn(C(C)C)n2)c(C#N)c(C)n1. The molecule has 0 amide bonds. The van der Waals surface area contributed by atoms with Gasteiger partial charge in [0.1, 0.15) is 24.0 Å². The van der Waals surface area contributed by atoms with Gasteiger partial charge >= 0.3 is 0 Å². The molecule has 2 aromatic rings. The van der Waals surface area contributed by atoms with Crippen LogP contribution in [-0.4, -0.2) is 14.8 Å². The third kappa shape index (κ3) is 2.97. The summed E-state index contributed by atoms with van der Waals surface area (Å²) in [5.41, 5.74) is 2.85. The van der Waals surface area contributed by atoms with Gasteiger partial charge in [0.15, 0.2) is 0 Å². The number of nitriles is 1. The van der Waals surface area contributed by atoms with Crippen LogP contribution in [0, 0.1) is 25.2 Å². The summed E-state index contributed by atoms with van der Waals surface area (Å²) in [6.45, 7) is 8.18. The number of ether oxygens (including phenoxy) is 1. The van der Waals surface area contributed by atoms with Gasteiger partial charge in [-0.3, -0.25) is 9.67 Å². The van der Waals surface area contributed by atoms with Gasteiger partial charge in [-0.2, -0.15) is 10.4 Å². The fourth-order valence-corrected chi connectivity index (χ4v) is 1.94. The third-order valence-electron chi connectivity index (χ3n) is 2.97. The van der Waals surface area contributed by atoms with E-state index in [1.807, 2.05) is 30.8 Å². The minimum Gasteiger partial charge on any atom is -0.486 e. The summed E-state index contributed by atoms with van der Waals surface area (Å²) in [7, 11) is 0.